The van der Waals surface area contributed by atoms with Crippen molar-refractivity contribution in [3.05, 3.63) is 65.7 Å². The fourth-order valence-electron chi connectivity index (χ4n) is 2.67. The minimum absolute atomic E-state index is 0.416. The van der Waals surface area contributed by atoms with Crippen LogP contribution >= 0.6 is 11.8 Å². The van der Waals surface area contributed by atoms with E-state index in [4.69, 9.17) is 0 Å². The van der Waals surface area contributed by atoms with E-state index < -0.39 is 0 Å². The molecule has 24 heavy (non-hydrogen) atoms. The largest absolute Gasteiger partial charge is 0.320 e. The van der Waals surface area contributed by atoms with E-state index in [9.17, 15) is 0 Å². The molecule has 0 aliphatic rings. The van der Waals surface area contributed by atoms with E-state index >= 15 is 0 Å². The summed E-state index contributed by atoms with van der Waals surface area (Å²) in [5, 5.41) is 6.76. The SMILES string of the molecule is CNCCCNC(C)c1ccc(SCCCc2ccccc2)cc1. The van der Waals surface area contributed by atoms with Crippen molar-refractivity contribution >= 4 is 11.8 Å². The lowest BCUT2D eigenvalue weighted by Crippen LogP contribution is -2.22. The van der Waals surface area contributed by atoms with Crippen molar-refractivity contribution in [2.75, 3.05) is 25.9 Å². The molecule has 0 aliphatic carbocycles. The molecule has 0 spiro atoms. The number of thioether (sulfide) groups is 1. The zero-order valence-electron chi connectivity index (χ0n) is 14.9. The van der Waals surface area contributed by atoms with E-state index in [1.807, 2.05) is 18.8 Å². The van der Waals surface area contributed by atoms with E-state index in [1.54, 1.807) is 0 Å². The Morgan fingerprint density at radius 1 is 0.917 bits per heavy atom. The summed E-state index contributed by atoms with van der Waals surface area (Å²) in [6, 6.07) is 20.2. The summed E-state index contributed by atoms with van der Waals surface area (Å²) in [5.41, 5.74) is 2.81. The van der Waals surface area contributed by atoms with Crippen molar-refractivity contribution in [2.45, 2.75) is 37.1 Å². The van der Waals surface area contributed by atoms with Gasteiger partial charge in [0, 0.05) is 10.9 Å². The smallest absolute Gasteiger partial charge is 0.0291 e. The first-order valence-corrected chi connectivity index (χ1v) is 9.93. The fraction of sp³-hybridized carbons (Fsp3) is 0.429. The molecule has 0 fully saturated rings. The highest BCUT2D eigenvalue weighted by Gasteiger charge is 2.04. The summed E-state index contributed by atoms with van der Waals surface area (Å²) in [6.45, 7) is 4.36. The fourth-order valence-corrected chi connectivity index (χ4v) is 3.52. The molecule has 0 radical (unpaired) electrons. The van der Waals surface area contributed by atoms with Crippen LogP contribution in [-0.2, 0) is 6.42 Å². The molecule has 2 aromatic carbocycles. The van der Waals surface area contributed by atoms with Gasteiger partial charge in [0.25, 0.3) is 0 Å². The van der Waals surface area contributed by atoms with Gasteiger partial charge in [-0.2, -0.15) is 0 Å². The number of aryl methyl sites for hydroxylation is 1. The van der Waals surface area contributed by atoms with Gasteiger partial charge in [-0.15, -0.1) is 11.8 Å². The zero-order valence-corrected chi connectivity index (χ0v) is 15.7. The Morgan fingerprint density at radius 3 is 2.38 bits per heavy atom. The molecule has 2 nitrogen and oxygen atoms in total. The summed E-state index contributed by atoms with van der Waals surface area (Å²) >= 11 is 1.96. The first kappa shape index (κ1) is 19.0. The molecule has 130 valence electrons. The minimum Gasteiger partial charge on any atom is -0.320 e. The van der Waals surface area contributed by atoms with Crippen LogP contribution in [0.25, 0.3) is 0 Å². The molecule has 2 rings (SSSR count). The Kier molecular flexibility index (Phi) is 8.96. The first-order chi connectivity index (χ1) is 11.8. The maximum Gasteiger partial charge on any atom is 0.0291 e. The van der Waals surface area contributed by atoms with Gasteiger partial charge in [0.1, 0.15) is 0 Å². The predicted molar refractivity (Wildman–Crippen MR) is 107 cm³/mol. The van der Waals surface area contributed by atoms with Gasteiger partial charge in [-0.3, -0.25) is 0 Å². The maximum atomic E-state index is 3.58. The molecule has 3 heteroatoms. The Balaban J connectivity index is 1.67. The van der Waals surface area contributed by atoms with Crippen molar-refractivity contribution in [3.8, 4) is 0 Å². The van der Waals surface area contributed by atoms with Gasteiger partial charge in [-0.25, -0.2) is 0 Å². The van der Waals surface area contributed by atoms with Crippen LogP contribution < -0.4 is 10.6 Å². The Labute approximate surface area is 151 Å². The monoisotopic (exact) mass is 342 g/mol. The van der Waals surface area contributed by atoms with Crippen LogP contribution in [0.2, 0.25) is 0 Å². The highest BCUT2D eigenvalue weighted by atomic mass is 32.2. The third-order valence-corrected chi connectivity index (χ3v) is 5.25. The molecular weight excluding hydrogens is 312 g/mol. The maximum absolute atomic E-state index is 3.58. The van der Waals surface area contributed by atoms with Gasteiger partial charge in [-0.05, 0) is 75.3 Å². The molecule has 2 N–H and O–H groups in total. The van der Waals surface area contributed by atoms with Gasteiger partial charge >= 0.3 is 0 Å². The molecule has 0 heterocycles. The molecule has 1 atom stereocenters. The van der Waals surface area contributed by atoms with E-state index in [0.717, 1.165) is 19.5 Å². The van der Waals surface area contributed by atoms with Crippen molar-refractivity contribution in [1.29, 1.82) is 0 Å². The standard InChI is InChI=1S/C21H30N2S/c1-18(23-16-7-15-22-2)20-11-13-21(14-12-20)24-17-6-10-19-8-4-3-5-9-19/h3-5,8-9,11-14,18,22-23H,6-7,10,15-17H2,1-2H3. The van der Waals surface area contributed by atoms with Crippen LogP contribution in [0.5, 0.6) is 0 Å². The number of benzene rings is 2. The van der Waals surface area contributed by atoms with E-state index in [2.05, 4.69) is 72.2 Å². The van der Waals surface area contributed by atoms with Crippen LogP contribution in [-0.4, -0.2) is 25.9 Å². The molecule has 0 amide bonds. The van der Waals surface area contributed by atoms with Crippen molar-refractivity contribution < 1.29 is 0 Å². The van der Waals surface area contributed by atoms with Gasteiger partial charge < -0.3 is 10.6 Å². The normalized spacial score (nSPS) is 12.2. The molecule has 2 aromatic rings. The summed E-state index contributed by atoms with van der Waals surface area (Å²) in [7, 11) is 2.00. The molecule has 0 aliphatic heterocycles. The molecule has 0 saturated carbocycles. The lowest BCUT2D eigenvalue weighted by atomic mass is 10.1. The van der Waals surface area contributed by atoms with Gasteiger partial charge in [0.15, 0.2) is 0 Å². The summed E-state index contributed by atoms with van der Waals surface area (Å²) in [5.74, 6) is 1.17. The average molecular weight is 343 g/mol. The van der Waals surface area contributed by atoms with Crippen molar-refractivity contribution in [3.63, 3.8) is 0 Å². The van der Waals surface area contributed by atoms with Crippen LogP contribution in [0.15, 0.2) is 59.5 Å². The van der Waals surface area contributed by atoms with Crippen LogP contribution in [0.4, 0.5) is 0 Å². The molecular formula is C21H30N2S. The van der Waals surface area contributed by atoms with E-state index in [0.29, 0.717) is 6.04 Å². The van der Waals surface area contributed by atoms with Crippen molar-refractivity contribution in [2.24, 2.45) is 0 Å². The van der Waals surface area contributed by atoms with Gasteiger partial charge in [-0.1, -0.05) is 42.5 Å². The average Bonchev–Trinajstić information content (AvgIpc) is 2.63. The third-order valence-electron chi connectivity index (χ3n) is 4.16. The van der Waals surface area contributed by atoms with Crippen LogP contribution in [0, 0.1) is 0 Å². The Morgan fingerprint density at radius 2 is 1.67 bits per heavy atom. The molecule has 0 bridgehead atoms. The predicted octanol–water partition coefficient (Wildman–Crippen LogP) is 4.67. The lowest BCUT2D eigenvalue weighted by Gasteiger charge is -2.14. The molecule has 0 aromatic heterocycles. The Bertz CT molecular complexity index is 554. The molecule has 1 unspecified atom stereocenters. The van der Waals surface area contributed by atoms with Gasteiger partial charge in [0.2, 0.25) is 0 Å². The summed E-state index contributed by atoms with van der Waals surface area (Å²) in [6.07, 6.45) is 3.55. The second kappa shape index (κ2) is 11.3. The Hall–Kier alpha value is -1.29. The third kappa shape index (κ3) is 7.08. The second-order valence-electron chi connectivity index (χ2n) is 6.14. The number of hydrogen-bond donors (Lipinski definition) is 2. The van der Waals surface area contributed by atoms with Crippen LogP contribution in [0.1, 0.15) is 36.9 Å². The van der Waals surface area contributed by atoms with E-state index in [-0.39, 0.29) is 0 Å². The number of rotatable bonds is 11. The zero-order chi connectivity index (χ0) is 17.0. The highest BCUT2D eigenvalue weighted by molar-refractivity contribution is 7.99. The second-order valence-corrected chi connectivity index (χ2v) is 7.31. The van der Waals surface area contributed by atoms with Crippen LogP contribution in [0.3, 0.4) is 0 Å². The quantitative estimate of drug-likeness (QED) is 0.458. The highest BCUT2D eigenvalue weighted by Crippen LogP contribution is 2.22. The number of nitrogens with one attached hydrogen (secondary N) is 2. The van der Waals surface area contributed by atoms with E-state index in [1.165, 1.54) is 34.6 Å². The summed E-state index contributed by atoms with van der Waals surface area (Å²) < 4.78 is 0. The van der Waals surface area contributed by atoms with Crippen molar-refractivity contribution in [1.82, 2.24) is 10.6 Å². The summed E-state index contributed by atoms with van der Waals surface area (Å²) in [4.78, 5) is 1.37. The minimum atomic E-state index is 0.416. The first-order valence-electron chi connectivity index (χ1n) is 8.94. The topological polar surface area (TPSA) is 24.1 Å². The number of hydrogen-bond acceptors (Lipinski definition) is 3. The van der Waals surface area contributed by atoms with Gasteiger partial charge in [0.05, 0.1) is 0 Å². The lowest BCUT2D eigenvalue weighted by molar-refractivity contribution is 0.549. The molecule has 0 saturated heterocycles.